The molecular weight excluding hydrogens is 482 g/mol. The van der Waals surface area contributed by atoms with Crippen LogP contribution in [-0.4, -0.2) is 47.2 Å². The molecule has 0 saturated heterocycles. The van der Waals surface area contributed by atoms with Gasteiger partial charge < -0.3 is 24.2 Å². The number of nitrogens with zero attached hydrogens (tertiary/aromatic N) is 1. The second kappa shape index (κ2) is 11.4. The largest absolute Gasteiger partial charge is 0.488 e. The number of hydrogen-bond donors (Lipinski definition) is 1. The minimum atomic E-state index is -0.887. The maximum Gasteiger partial charge on any atom is 0.328 e. The van der Waals surface area contributed by atoms with Gasteiger partial charge in [0, 0.05) is 18.5 Å². The number of carbonyl (C=O) groups is 2. The van der Waals surface area contributed by atoms with Crippen LogP contribution in [0.15, 0.2) is 72.8 Å². The molecule has 1 aliphatic carbocycles. The van der Waals surface area contributed by atoms with E-state index in [1.54, 1.807) is 4.90 Å². The van der Waals surface area contributed by atoms with Gasteiger partial charge in [0.2, 0.25) is 0 Å². The van der Waals surface area contributed by atoms with Gasteiger partial charge in [-0.2, -0.15) is 0 Å². The summed E-state index contributed by atoms with van der Waals surface area (Å²) in [6, 6.07) is 22.4. The van der Waals surface area contributed by atoms with Crippen LogP contribution in [-0.2, 0) is 38.6 Å². The molecule has 38 heavy (non-hydrogen) atoms. The number of aliphatic hydroxyl groups is 1. The smallest absolute Gasteiger partial charge is 0.328 e. The molecule has 1 N–H and O–H groups in total. The third-order valence-corrected chi connectivity index (χ3v) is 7.38. The van der Waals surface area contributed by atoms with E-state index in [-0.39, 0.29) is 25.0 Å². The van der Waals surface area contributed by atoms with Gasteiger partial charge in [0.05, 0.1) is 19.3 Å². The van der Waals surface area contributed by atoms with Crippen molar-refractivity contribution in [2.45, 2.75) is 63.7 Å². The van der Waals surface area contributed by atoms with Crippen LogP contribution in [0.3, 0.4) is 0 Å². The third kappa shape index (κ3) is 5.44. The summed E-state index contributed by atoms with van der Waals surface area (Å²) in [6.45, 7) is 2.62. The Labute approximate surface area is 222 Å². The number of methoxy groups -OCH3 is 1. The first-order valence-corrected chi connectivity index (χ1v) is 13.0. The third-order valence-electron chi connectivity index (χ3n) is 7.38. The maximum absolute atomic E-state index is 14.1. The second-order valence-corrected chi connectivity index (χ2v) is 10.0. The molecule has 0 radical (unpaired) electrons. The average Bonchev–Trinajstić information content (AvgIpc) is 2.93. The van der Waals surface area contributed by atoms with E-state index >= 15 is 0 Å². The minimum Gasteiger partial charge on any atom is -0.488 e. The van der Waals surface area contributed by atoms with Crippen molar-refractivity contribution in [1.82, 2.24) is 4.90 Å². The number of benzene rings is 3. The van der Waals surface area contributed by atoms with Crippen molar-refractivity contribution in [2.24, 2.45) is 0 Å². The Hall–Kier alpha value is -3.68. The number of aliphatic hydroxyl groups excluding tert-OH is 1. The fourth-order valence-electron chi connectivity index (χ4n) is 5.16. The van der Waals surface area contributed by atoms with Gasteiger partial charge in [-0.1, -0.05) is 72.8 Å². The van der Waals surface area contributed by atoms with Crippen LogP contribution < -0.4 is 4.74 Å². The molecule has 1 aliphatic heterocycles. The lowest BCUT2D eigenvalue weighted by atomic mass is 9.90. The van der Waals surface area contributed by atoms with Crippen LogP contribution in [0.2, 0.25) is 0 Å². The number of rotatable bonds is 8. The van der Waals surface area contributed by atoms with Crippen LogP contribution in [0.5, 0.6) is 5.75 Å². The molecule has 1 unspecified atom stereocenters. The molecule has 0 spiro atoms. The predicted molar refractivity (Wildman–Crippen MR) is 141 cm³/mol. The quantitative estimate of drug-likeness (QED) is 0.451. The van der Waals surface area contributed by atoms with Crippen molar-refractivity contribution in [3.05, 3.63) is 101 Å². The van der Waals surface area contributed by atoms with Crippen molar-refractivity contribution in [1.29, 1.82) is 0 Å². The lowest BCUT2D eigenvalue weighted by Crippen LogP contribution is -2.51. The Balaban J connectivity index is 1.45. The van der Waals surface area contributed by atoms with Gasteiger partial charge in [-0.25, -0.2) is 4.79 Å². The van der Waals surface area contributed by atoms with Gasteiger partial charge in [0.25, 0.3) is 5.91 Å². The summed E-state index contributed by atoms with van der Waals surface area (Å²) in [7, 11) is 1.34. The van der Waals surface area contributed by atoms with Crippen LogP contribution in [0.1, 0.15) is 46.8 Å². The standard InChI is InChI=1S/C31H33NO6/c1-20-13-14-23-18-32(30(34)29(22-11-7-4-8-12-22)38-25-15-24(33)16-25)27(31(35)36-2)17-26(23)28(20)37-19-21-9-5-3-6-10-21/h3-14,24-25,27,29,33H,15-19H2,1-2H3/t24-,25+,27-,29?/m0/s1. The lowest BCUT2D eigenvalue weighted by Gasteiger charge is -2.40. The van der Waals surface area contributed by atoms with E-state index in [0.29, 0.717) is 25.0 Å². The molecule has 3 aromatic carbocycles. The molecule has 3 aromatic rings. The SMILES string of the molecule is COC(=O)[C@@H]1Cc2c(ccc(C)c2OCc2ccccc2)CN1C(=O)C(O[C@H]1C[C@@H](O)C1)c1ccccc1. The molecule has 2 aliphatic rings. The molecule has 1 fully saturated rings. The number of aryl methyl sites for hydroxylation is 1. The number of carbonyl (C=O) groups excluding carboxylic acids is 2. The van der Waals surface area contributed by atoms with E-state index in [1.165, 1.54) is 7.11 Å². The highest BCUT2D eigenvalue weighted by Gasteiger charge is 2.42. The summed E-state index contributed by atoms with van der Waals surface area (Å²) in [5.74, 6) is -0.0389. The van der Waals surface area contributed by atoms with Gasteiger partial charge in [-0.3, -0.25) is 4.79 Å². The Morgan fingerprint density at radius 3 is 2.34 bits per heavy atom. The van der Waals surface area contributed by atoms with Gasteiger partial charge in [-0.05, 0) is 42.0 Å². The van der Waals surface area contributed by atoms with E-state index in [2.05, 4.69) is 0 Å². The van der Waals surface area contributed by atoms with Crippen LogP contribution >= 0.6 is 0 Å². The van der Waals surface area contributed by atoms with E-state index in [0.717, 1.165) is 28.0 Å². The Morgan fingerprint density at radius 1 is 1.00 bits per heavy atom. The molecule has 198 valence electrons. The number of ether oxygens (including phenoxy) is 3. The highest BCUT2D eigenvalue weighted by Crippen LogP contribution is 2.37. The van der Waals surface area contributed by atoms with E-state index in [9.17, 15) is 14.7 Å². The van der Waals surface area contributed by atoms with Crippen molar-refractivity contribution in [3.63, 3.8) is 0 Å². The zero-order valence-electron chi connectivity index (χ0n) is 21.7. The van der Waals surface area contributed by atoms with Crippen molar-refractivity contribution >= 4 is 11.9 Å². The van der Waals surface area contributed by atoms with E-state index < -0.39 is 24.2 Å². The molecule has 0 aromatic heterocycles. The Morgan fingerprint density at radius 2 is 1.68 bits per heavy atom. The number of fused-ring (bicyclic) bond motifs is 1. The Bertz CT molecular complexity index is 1270. The molecular formula is C31H33NO6. The monoisotopic (exact) mass is 515 g/mol. The first-order valence-electron chi connectivity index (χ1n) is 13.0. The van der Waals surface area contributed by atoms with Gasteiger partial charge >= 0.3 is 5.97 Å². The van der Waals surface area contributed by atoms with E-state index in [4.69, 9.17) is 14.2 Å². The summed E-state index contributed by atoms with van der Waals surface area (Å²) in [4.78, 5) is 28.7. The molecule has 1 saturated carbocycles. The van der Waals surface area contributed by atoms with Gasteiger partial charge in [0.1, 0.15) is 18.4 Å². The normalized spacial score (nSPS) is 21.1. The minimum absolute atomic E-state index is 0.214. The van der Waals surface area contributed by atoms with Crippen molar-refractivity contribution in [3.8, 4) is 5.75 Å². The van der Waals surface area contributed by atoms with Gasteiger partial charge in [0.15, 0.2) is 6.10 Å². The molecule has 7 heteroatoms. The van der Waals surface area contributed by atoms with Crippen LogP contribution in [0, 0.1) is 6.92 Å². The van der Waals surface area contributed by atoms with E-state index in [1.807, 2.05) is 79.7 Å². The van der Waals surface area contributed by atoms with Crippen molar-refractivity contribution in [2.75, 3.05) is 7.11 Å². The molecule has 7 nitrogen and oxygen atoms in total. The first-order chi connectivity index (χ1) is 18.4. The highest BCUT2D eigenvalue weighted by atomic mass is 16.5. The Kier molecular flexibility index (Phi) is 7.77. The van der Waals surface area contributed by atoms with Crippen LogP contribution in [0.25, 0.3) is 0 Å². The summed E-state index contributed by atoms with van der Waals surface area (Å²) in [5.41, 5.74) is 4.57. The zero-order valence-corrected chi connectivity index (χ0v) is 21.7. The second-order valence-electron chi connectivity index (χ2n) is 10.0. The predicted octanol–water partition coefficient (Wildman–Crippen LogP) is 4.28. The fraction of sp³-hybridized carbons (Fsp3) is 0.355. The zero-order chi connectivity index (χ0) is 26.6. The van der Waals surface area contributed by atoms with Crippen molar-refractivity contribution < 1.29 is 28.9 Å². The fourth-order valence-corrected chi connectivity index (χ4v) is 5.16. The topological polar surface area (TPSA) is 85.3 Å². The van der Waals surface area contributed by atoms with Gasteiger partial charge in [-0.15, -0.1) is 0 Å². The first kappa shape index (κ1) is 25.9. The van der Waals surface area contributed by atoms with Crippen LogP contribution in [0.4, 0.5) is 0 Å². The maximum atomic E-state index is 14.1. The number of esters is 1. The number of amides is 1. The molecule has 1 heterocycles. The summed E-state index contributed by atoms with van der Waals surface area (Å²) >= 11 is 0. The number of hydrogen-bond acceptors (Lipinski definition) is 6. The summed E-state index contributed by atoms with van der Waals surface area (Å²) < 4.78 is 17.6. The summed E-state index contributed by atoms with van der Waals surface area (Å²) in [5, 5.41) is 9.76. The molecule has 0 bridgehead atoms. The lowest BCUT2D eigenvalue weighted by molar-refractivity contribution is -0.168. The average molecular weight is 516 g/mol. The molecule has 1 amide bonds. The molecule has 5 rings (SSSR count). The summed E-state index contributed by atoms with van der Waals surface area (Å²) in [6.07, 6.45) is -0.255. The highest BCUT2D eigenvalue weighted by molar-refractivity contribution is 5.88. The molecule has 2 atom stereocenters.